The molecule has 0 bridgehead atoms. The number of allylic oxidation sites excluding steroid dienone is 2. The van der Waals surface area contributed by atoms with Crippen LogP contribution >= 0.6 is 0 Å². The van der Waals surface area contributed by atoms with E-state index in [-0.39, 0.29) is 11.7 Å². The van der Waals surface area contributed by atoms with E-state index in [0.717, 1.165) is 0 Å². The lowest BCUT2D eigenvalue weighted by Crippen LogP contribution is -2.11. The molecule has 2 atom stereocenters. The Hall–Kier alpha value is -1.34. The van der Waals surface area contributed by atoms with Gasteiger partial charge in [0.1, 0.15) is 11.7 Å². The van der Waals surface area contributed by atoms with Crippen molar-refractivity contribution in [2.24, 2.45) is 0 Å². The molecule has 1 nitrogen and oxygen atoms in total. The molecule has 0 aromatic heterocycles. The van der Waals surface area contributed by atoms with Gasteiger partial charge >= 0.3 is 0 Å². The predicted molar refractivity (Wildman–Crippen MR) is 60.6 cm³/mol. The van der Waals surface area contributed by atoms with E-state index >= 15 is 0 Å². The Bertz CT molecular complexity index is 453. The molecule has 1 aromatic rings. The lowest BCUT2D eigenvalue weighted by Gasteiger charge is -2.11. The van der Waals surface area contributed by atoms with Gasteiger partial charge in [-0.3, -0.25) is 0 Å². The van der Waals surface area contributed by atoms with Gasteiger partial charge in [-0.25, -0.2) is 0 Å². The van der Waals surface area contributed by atoms with Crippen LogP contribution < -0.4 is 0 Å². The fraction of sp³-hybridized carbons (Fsp3) is 0.286. The van der Waals surface area contributed by atoms with Crippen LogP contribution in [0.2, 0.25) is 0 Å². The number of aryl methyl sites for hydroxylation is 1. The molecule has 1 aliphatic heterocycles. The highest BCUT2D eigenvalue weighted by Gasteiger charge is 2.55. The zero-order valence-electron chi connectivity index (χ0n) is 9.03. The van der Waals surface area contributed by atoms with Gasteiger partial charge in [0, 0.05) is 0 Å². The summed E-state index contributed by atoms with van der Waals surface area (Å²) in [6.07, 6.45) is 6.77. The first-order valence-electron chi connectivity index (χ1n) is 5.33. The molecule has 0 amide bonds. The summed E-state index contributed by atoms with van der Waals surface area (Å²) in [4.78, 5) is 0. The number of epoxide rings is 1. The molecule has 76 valence electrons. The number of ether oxygens (including phenoxy) is 1. The van der Waals surface area contributed by atoms with Gasteiger partial charge in [0.05, 0.1) is 0 Å². The first kappa shape index (κ1) is 8.93. The summed E-state index contributed by atoms with van der Waals surface area (Å²) < 4.78 is 5.80. The Morgan fingerprint density at radius 2 is 1.87 bits per heavy atom. The van der Waals surface area contributed by atoms with Crippen LogP contribution in [0.4, 0.5) is 0 Å². The molecular weight excluding hydrogens is 184 g/mol. The van der Waals surface area contributed by atoms with Gasteiger partial charge < -0.3 is 4.74 Å². The zero-order chi connectivity index (χ0) is 10.5. The first-order valence-corrected chi connectivity index (χ1v) is 5.33. The third kappa shape index (κ3) is 1.27. The standard InChI is InChI=1S/C14H14O/c1-10-3-5-12(6-4-10)14-8-7-11(2)9-13(14)15-14/h3-9,13H,1-2H3. The highest BCUT2D eigenvalue weighted by atomic mass is 16.6. The van der Waals surface area contributed by atoms with Gasteiger partial charge in [-0.1, -0.05) is 41.5 Å². The molecule has 1 aromatic carbocycles. The average molecular weight is 198 g/mol. The van der Waals surface area contributed by atoms with Crippen LogP contribution in [0.1, 0.15) is 18.1 Å². The zero-order valence-corrected chi connectivity index (χ0v) is 9.03. The van der Waals surface area contributed by atoms with Gasteiger partial charge in [-0.05, 0) is 31.6 Å². The van der Waals surface area contributed by atoms with Crippen LogP contribution in [0.15, 0.2) is 48.1 Å². The molecule has 0 N–H and O–H groups in total. The van der Waals surface area contributed by atoms with Crippen molar-refractivity contribution in [2.45, 2.75) is 25.6 Å². The Balaban J connectivity index is 1.98. The van der Waals surface area contributed by atoms with Gasteiger partial charge in [0.25, 0.3) is 0 Å². The molecule has 0 radical (unpaired) electrons. The highest BCUT2D eigenvalue weighted by molar-refractivity contribution is 5.44. The minimum atomic E-state index is -0.146. The number of fused-ring (bicyclic) bond motifs is 1. The van der Waals surface area contributed by atoms with Crippen LogP contribution in [-0.4, -0.2) is 6.10 Å². The molecule has 0 saturated carbocycles. The number of rotatable bonds is 1. The summed E-state index contributed by atoms with van der Waals surface area (Å²) in [6.45, 7) is 4.21. The van der Waals surface area contributed by atoms with Crippen molar-refractivity contribution in [3.05, 3.63) is 59.2 Å². The summed E-state index contributed by atoms with van der Waals surface area (Å²) >= 11 is 0. The van der Waals surface area contributed by atoms with Crippen molar-refractivity contribution >= 4 is 0 Å². The lowest BCUT2D eigenvalue weighted by atomic mass is 9.90. The van der Waals surface area contributed by atoms with E-state index in [4.69, 9.17) is 4.74 Å². The maximum absolute atomic E-state index is 5.80. The molecule has 2 aliphatic rings. The van der Waals surface area contributed by atoms with Gasteiger partial charge in [0.2, 0.25) is 0 Å². The molecule has 1 fully saturated rings. The lowest BCUT2D eigenvalue weighted by molar-refractivity contribution is 0.346. The molecular formula is C14H14O. The van der Waals surface area contributed by atoms with E-state index in [9.17, 15) is 0 Å². The van der Waals surface area contributed by atoms with Gasteiger partial charge in [0.15, 0.2) is 0 Å². The maximum Gasteiger partial charge on any atom is 0.142 e. The van der Waals surface area contributed by atoms with E-state index in [1.54, 1.807) is 0 Å². The summed E-state index contributed by atoms with van der Waals surface area (Å²) in [6, 6.07) is 8.60. The van der Waals surface area contributed by atoms with Gasteiger partial charge in [-0.2, -0.15) is 0 Å². The summed E-state index contributed by atoms with van der Waals surface area (Å²) in [5.41, 5.74) is 3.70. The first-order chi connectivity index (χ1) is 7.21. The van der Waals surface area contributed by atoms with Crippen molar-refractivity contribution in [3.63, 3.8) is 0 Å². The third-order valence-electron chi connectivity index (χ3n) is 3.20. The number of hydrogen-bond acceptors (Lipinski definition) is 1. The fourth-order valence-corrected chi connectivity index (χ4v) is 2.16. The SMILES string of the molecule is CC1=CC2OC2(c2ccc(C)cc2)C=C1. The highest BCUT2D eigenvalue weighted by Crippen LogP contribution is 2.50. The van der Waals surface area contributed by atoms with Gasteiger partial charge in [-0.15, -0.1) is 0 Å². The molecule has 15 heavy (non-hydrogen) atoms. The smallest absolute Gasteiger partial charge is 0.142 e. The Morgan fingerprint density at radius 3 is 2.53 bits per heavy atom. The summed E-state index contributed by atoms with van der Waals surface area (Å²) in [5.74, 6) is 0. The van der Waals surface area contributed by atoms with E-state index in [1.807, 2.05) is 0 Å². The second kappa shape index (κ2) is 2.83. The third-order valence-corrected chi connectivity index (χ3v) is 3.20. The predicted octanol–water partition coefficient (Wildman–Crippen LogP) is 3.11. The molecule has 1 saturated heterocycles. The van der Waals surface area contributed by atoms with E-state index in [1.165, 1.54) is 16.7 Å². The molecule has 1 heteroatoms. The minimum Gasteiger partial charge on any atom is -0.352 e. The van der Waals surface area contributed by atoms with E-state index in [0.29, 0.717) is 0 Å². The van der Waals surface area contributed by atoms with Crippen LogP contribution in [-0.2, 0) is 10.3 Å². The van der Waals surface area contributed by atoms with Crippen molar-refractivity contribution in [1.82, 2.24) is 0 Å². The van der Waals surface area contributed by atoms with Crippen LogP contribution in [0.25, 0.3) is 0 Å². The van der Waals surface area contributed by atoms with Crippen molar-refractivity contribution in [2.75, 3.05) is 0 Å². The molecule has 3 rings (SSSR count). The van der Waals surface area contributed by atoms with E-state index in [2.05, 4.69) is 56.3 Å². The normalized spacial score (nSPS) is 32.1. The number of benzene rings is 1. The summed E-state index contributed by atoms with van der Waals surface area (Å²) in [5, 5.41) is 0. The number of hydrogen-bond donors (Lipinski definition) is 0. The minimum absolute atomic E-state index is 0.146. The van der Waals surface area contributed by atoms with Crippen LogP contribution in [0.3, 0.4) is 0 Å². The van der Waals surface area contributed by atoms with Crippen LogP contribution in [0, 0.1) is 6.92 Å². The Kier molecular flexibility index (Phi) is 1.68. The monoisotopic (exact) mass is 198 g/mol. The molecule has 1 aliphatic carbocycles. The second-order valence-corrected chi connectivity index (χ2v) is 4.44. The summed E-state index contributed by atoms with van der Waals surface area (Å²) in [7, 11) is 0. The maximum atomic E-state index is 5.80. The fourth-order valence-electron chi connectivity index (χ4n) is 2.16. The van der Waals surface area contributed by atoms with Crippen molar-refractivity contribution in [1.29, 1.82) is 0 Å². The second-order valence-electron chi connectivity index (χ2n) is 4.44. The Morgan fingerprint density at radius 1 is 1.13 bits per heavy atom. The van der Waals surface area contributed by atoms with E-state index < -0.39 is 0 Å². The largest absolute Gasteiger partial charge is 0.352 e. The van der Waals surface area contributed by atoms with Crippen molar-refractivity contribution in [3.8, 4) is 0 Å². The molecule has 0 spiro atoms. The van der Waals surface area contributed by atoms with Crippen molar-refractivity contribution < 1.29 is 4.74 Å². The molecule has 1 heterocycles. The van der Waals surface area contributed by atoms with Crippen LogP contribution in [0.5, 0.6) is 0 Å². The Labute approximate surface area is 90.1 Å². The quantitative estimate of drug-likeness (QED) is 0.632. The molecule has 2 unspecified atom stereocenters. The average Bonchev–Trinajstić information content (AvgIpc) is 2.93. The topological polar surface area (TPSA) is 12.5 Å².